The number of carbonyl (C=O) groups excluding carboxylic acids is 1. The van der Waals surface area contributed by atoms with Gasteiger partial charge in [-0.15, -0.1) is 0 Å². The molecule has 2 aromatic carbocycles. The van der Waals surface area contributed by atoms with E-state index in [9.17, 15) is 4.79 Å². The second-order valence-electron chi connectivity index (χ2n) is 4.46. The summed E-state index contributed by atoms with van der Waals surface area (Å²) in [7, 11) is 0. The summed E-state index contributed by atoms with van der Waals surface area (Å²) in [5, 5.41) is 0. The van der Waals surface area contributed by atoms with Crippen molar-refractivity contribution in [1.82, 2.24) is 5.59 Å². The summed E-state index contributed by atoms with van der Waals surface area (Å²) < 4.78 is 5.66. The number of hydrogen-bond acceptors (Lipinski definition) is 5. The molecule has 0 radical (unpaired) electrons. The van der Waals surface area contributed by atoms with Crippen LogP contribution in [0, 0.1) is 0 Å². The van der Waals surface area contributed by atoms with E-state index in [1.54, 1.807) is 0 Å². The number of nitrogens with one attached hydrogen (secondary N) is 1. The first kappa shape index (κ1) is 15.0. The van der Waals surface area contributed by atoms with Crippen LogP contribution in [0.25, 0.3) is 0 Å². The highest BCUT2D eigenvalue weighted by molar-refractivity contribution is 5.69. The number of benzene rings is 2. The van der Waals surface area contributed by atoms with E-state index in [1.807, 2.05) is 48.1 Å². The largest absolute Gasteiger partial charge is 0.493 e. The van der Waals surface area contributed by atoms with Crippen LogP contribution < -0.4 is 16.2 Å². The summed E-state index contributed by atoms with van der Waals surface area (Å²) in [5.74, 6) is 5.20. The number of hydrazine groups is 1. The van der Waals surface area contributed by atoms with Crippen molar-refractivity contribution < 1.29 is 14.4 Å². The maximum absolute atomic E-state index is 11.2. The molecule has 0 heterocycles. The minimum atomic E-state index is -0.460. The van der Waals surface area contributed by atoms with Gasteiger partial charge in [0, 0.05) is 6.42 Å². The standard InChI is InChI=1S/C16H18N2O3/c17-18-21-16(19)10-11-20-15-9-5-4-8-14(15)12-13-6-2-1-3-7-13/h1-9,18H,10-12,17H2. The van der Waals surface area contributed by atoms with Gasteiger partial charge in [0.05, 0.1) is 13.0 Å². The van der Waals surface area contributed by atoms with E-state index in [4.69, 9.17) is 10.6 Å². The first-order chi connectivity index (χ1) is 10.3. The normalized spacial score (nSPS) is 10.1. The van der Waals surface area contributed by atoms with Crippen LogP contribution in [-0.4, -0.2) is 12.6 Å². The maximum Gasteiger partial charge on any atom is 0.329 e. The van der Waals surface area contributed by atoms with E-state index in [-0.39, 0.29) is 13.0 Å². The molecule has 0 aliphatic carbocycles. The topological polar surface area (TPSA) is 73.6 Å². The lowest BCUT2D eigenvalue weighted by Crippen LogP contribution is -2.27. The van der Waals surface area contributed by atoms with Gasteiger partial charge in [-0.25, -0.2) is 5.84 Å². The second kappa shape index (κ2) is 8.04. The third-order valence-electron chi connectivity index (χ3n) is 2.95. The molecule has 0 bridgehead atoms. The van der Waals surface area contributed by atoms with Crippen LogP contribution in [0.1, 0.15) is 17.5 Å². The quantitative estimate of drug-likeness (QED) is 0.601. The summed E-state index contributed by atoms with van der Waals surface area (Å²) in [6.07, 6.45) is 0.912. The molecule has 0 aliphatic heterocycles. The molecule has 0 aromatic heterocycles. The molecule has 3 N–H and O–H groups in total. The highest BCUT2D eigenvalue weighted by Gasteiger charge is 2.06. The van der Waals surface area contributed by atoms with Crippen molar-refractivity contribution in [3.8, 4) is 5.75 Å². The SMILES string of the molecule is NNOC(=O)CCOc1ccccc1Cc1ccccc1. The smallest absolute Gasteiger partial charge is 0.329 e. The van der Waals surface area contributed by atoms with Crippen molar-refractivity contribution in [2.45, 2.75) is 12.8 Å². The average molecular weight is 286 g/mol. The Labute approximate surface area is 123 Å². The molecular weight excluding hydrogens is 268 g/mol. The van der Waals surface area contributed by atoms with Crippen LogP contribution in [-0.2, 0) is 16.1 Å². The van der Waals surface area contributed by atoms with Crippen LogP contribution in [0.15, 0.2) is 54.6 Å². The summed E-state index contributed by atoms with van der Waals surface area (Å²) in [6, 6.07) is 17.9. The predicted molar refractivity (Wildman–Crippen MR) is 79.2 cm³/mol. The van der Waals surface area contributed by atoms with E-state index in [1.165, 1.54) is 5.56 Å². The van der Waals surface area contributed by atoms with Crippen molar-refractivity contribution in [3.05, 3.63) is 65.7 Å². The molecule has 0 aliphatic rings. The monoisotopic (exact) mass is 286 g/mol. The lowest BCUT2D eigenvalue weighted by atomic mass is 10.0. The molecule has 110 valence electrons. The number of nitrogens with two attached hydrogens (primary N) is 1. The first-order valence-electron chi connectivity index (χ1n) is 6.69. The Kier molecular flexibility index (Phi) is 5.75. The van der Waals surface area contributed by atoms with Gasteiger partial charge in [0.15, 0.2) is 0 Å². The summed E-state index contributed by atoms with van der Waals surface area (Å²) in [4.78, 5) is 15.6. The average Bonchev–Trinajstić information content (AvgIpc) is 2.50. The van der Waals surface area contributed by atoms with Crippen molar-refractivity contribution in [1.29, 1.82) is 0 Å². The van der Waals surface area contributed by atoms with Gasteiger partial charge in [-0.05, 0) is 17.2 Å². The van der Waals surface area contributed by atoms with E-state index in [0.717, 1.165) is 17.7 Å². The second-order valence-corrected chi connectivity index (χ2v) is 4.46. The van der Waals surface area contributed by atoms with Crippen LogP contribution >= 0.6 is 0 Å². The molecule has 0 fully saturated rings. The summed E-state index contributed by atoms with van der Waals surface area (Å²) >= 11 is 0. The Bertz CT molecular complexity index is 573. The van der Waals surface area contributed by atoms with E-state index in [2.05, 4.69) is 17.0 Å². The van der Waals surface area contributed by atoms with Gasteiger partial charge in [-0.3, -0.25) is 4.79 Å². The predicted octanol–water partition coefficient (Wildman–Crippen LogP) is 1.97. The molecule has 0 unspecified atom stereocenters. The van der Waals surface area contributed by atoms with Crippen molar-refractivity contribution in [2.75, 3.05) is 6.61 Å². The fraction of sp³-hybridized carbons (Fsp3) is 0.188. The Morgan fingerprint density at radius 1 is 1.05 bits per heavy atom. The number of para-hydroxylation sites is 1. The molecule has 0 amide bonds. The van der Waals surface area contributed by atoms with Gasteiger partial charge in [0.25, 0.3) is 0 Å². The molecular formula is C16H18N2O3. The molecule has 5 heteroatoms. The van der Waals surface area contributed by atoms with E-state index >= 15 is 0 Å². The van der Waals surface area contributed by atoms with Crippen molar-refractivity contribution in [2.24, 2.45) is 5.84 Å². The molecule has 2 rings (SSSR count). The van der Waals surface area contributed by atoms with Gasteiger partial charge in [0.2, 0.25) is 0 Å². The highest BCUT2D eigenvalue weighted by atomic mass is 16.7. The van der Waals surface area contributed by atoms with Crippen molar-refractivity contribution >= 4 is 5.97 Å². The zero-order valence-corrected chi connectivity index (χ0v) is 11.6. The summed E-state index contributed by atoms with van der Waals surface area (Å²) in [6.45, 7) is 0.242. The third kappa shape index (κ3) is 4.91. The van der Waals surface area contributed by atoms with Crippen LogP contribution in [0.4, 0.5) is 0 Å². The van der Waals surface area contributed by atoms with Crippen LogP contribution in [0.5, 0.6) is 5.75 Å². The zero-order valence-electron chi connectivity index (χ0n) is 11.6. The van der Waals surface area contributed by atoms with Crippen molar-refractivity contribution in [3.63, 3.8) is 0 Å². The van der Waals surface area contributed by atoms with Crippen LogP contribution in [0.3, 0.4) is 0 Å². The van der Waals surface area contributed by atoms with Gasteiger partial charge < -0.3 is 9.57 Å². The van der Waals surface area contributed by atoms with E-state index in [0.29, 0.717) is 0 Å². The fourth-order valence-electron chi connectivity index (χ4n) is 1.97. The van der Waals surface area contributed by atoms with Crippen LogP contribution in [0.2, 0.25) is 0 Å². The molecule has 0 saturated carbocycles. The van der Waals surface area contributed by atoms with Gasteiger partial charge in [-0.2, -0.15) is 0 Å². The zero-order chi connectivity index (χ0) is 14.9. The first-order valence-corrected chi connectivity index (χ1v) is 6.69. The number of ether oxygens (including phenoxy) is 1. The molecule has 2 aromatic rings. The number of carbonyl (C=O) groups is 1. The minimum absolute atomic E-state index is 0.129. The minimum Gasteiger partial charge on any atom is -0.493 e. The Morgan fingerprint density at radius 2 is 1.76 bits per heavy atom. The Hall–Kier alpha value is -2.37. The van der Waals surface area contributed by atoms with Gasteiger partial charge in [-0.1, -0.05) is 54.1 Å². The highest BCUT2D eigenvalue weighted by Crippen LogP contribution is 2.21. The van der Waals surface area contributed by atoms with Gasteiger partial charge in [0.1, 0.15) is 5.75 Å². The Morgan fingerprint density at radius 3 is 2.52 bits per heavy atom. The maximum atomic E-state index is 11.2. The molecule has 5 nitrogen and oxygen atoms in total. The lowest BCUT2D eigenvalue weighted by Gasteiger charge is -2.11. The molecule has 0 saturated heterocycles. The number of rotatable bonds is 7. The summed E-state index contributed by atoms with van der Waals surface area (Å²) in [5.41, 5.74) is 4.14. The Balaban J connectivity index is 1.95. The number of hydrogen-bond donors (Lipinski definition) is 2. The molecule has 0 spiro atoms. The lowest BCUT2D eigenvalue weighted by molar-refractivity contribution is -0.151. The fourth-order valence-corrected chi connectivity index (χ4v) is 1.97. The van der Waals surface area contributed by atoms with Gasteiger partial charge >= 0.3 is 5.97 Å². The molecule has 21 heavy (non-hydrogen) atoms. The molecule has 0 atom stereocenters. The van der Waals surface area contributed by atoms with E-state index < -0.39 is 5.97 Å². The third-order valence-corrected chi connectivity index (χ3v) is 2.95.